The number of hydrogen-bond acceptors (Lipinski definition) is 3. The van der Waals surface area contributed by atoms with Crippen molar-refractivity contribution in [1.29, 1.82) is 0 Å². The number of fused-ring (bicyclic) bond motifs is 1. The number of aromatic nitrogens is 2. The highest BCUT2D eigenvalue weighted by molar-refractivity contribution is 6.29. The molecule has 2 rings (SSSR count). The van der Waals surface area contributed by atoms with Crippen molar-refractivity contribution in [3.8, 4) is 12.3 Å². The third kappa shape index (κ3) is 2.36. The number of rotatable bonds is 2. The predicted octanol–water partition coefficient (Wildman–Crippen LogP) is 2.26. The minimum Gasteiger partial charge on any atom is -0.477 e. The van der Waals surface area contributed by atoms with Gasteiger partial charge in [-0.15, -0.1) is 6.42 Å². The number of terminal acetylenes is 1. The van der Waals surface area contributed by atoms with E-state index in [2.05, 4.69) is 10.9 Å². The van der Waals surface area contributed by atoms with Gasteiger partial charge in [0, 0.05) is 6.20 Å². The number of halogens is 2. The summed E-state index contributed by atoms with van der Waals surface area (Å²) in [6, 6.07) is 0.864. The van der Waals surface area contributed by atoms with E-state index < -0.39 is 33.5 Å². The summed E-state index contributed by atoms with van der Waals surface area (Å²) >= 11 is 5.64. The summed E-state index contributed by atoms with van der Waals surface area (Å²) in [5.41, 5.74) is -2.32. The molecule has 0 unspecified atom stereocenters. The molecular weight excluding hydrogens is 299 g/mol. The summed E-state index contributed by atoms with van der Waals surface area (Å²) in [4.78, 5) is 27.1. The second kappa shape index (κ2) is 4.86. The Morgan fingerprint density at radius 3 is 2.71 bits per heavy atom. The fourth-order valence-corrected chi connectivity index (χ4v) is 1.98. The van der Waals surface area contributed by atoms with Crippen LogP contribution in [0.1, 0.15) is 24.2 Å². The first-order valence-electron chi connectivity index (χ1n) is 5.82. The number of nitrogens with zero attached hydrogens (tertiary/aromatic N) is 2. The molecule has 1 N–H and O–H groups in total. The fourth-order valence-electron chi connectivity index (χ4n) is 1.85. The fraction of sp³-hybridized carbons (Fsp3) is 0.214. The van der Waals surface area contributed by atoms with E-state index >= 15 is 0 Å². The predicted molar refractivity (Wildman–Crippen MR) is 76.1 cm³/mol. The highest BCUT2D eigenvalue weighted by atomic mass is 35.5. The SMILES string of the molecule is C#CC(C)(C)n1cc(C(=O)O)c(=O)c2cc(F)c(Cl)nc21. The van der Waals surface area contributed by atoms with Crippen LogP contribution in [-0.4, -0.2) is 20.6 Å². The van der Waals surface area contributed by atoms with Gasteiger partial charge >= 0.3 is 5.97 Å². The van der Waals surface area contributed by atoms with Crippen LogP contribution in [0.15, 0.2) is 17.1 Å². The lowest BCUT2D eigenvalue weighted by Crippen LogP contribution is -2.29. The second-order valence-electron chi connectivity index (χ2n) is 4.88. The van der Waals surface area contributed by atoms with Crippen LogP contribution in [0.3, 0.4) is 0 Å². The number of carboxylic acid groups (broad SMARTS) is 1. The van der Waals surface area contributed by atoms with Crippen LogP contribution < -0.4 is 5.43 Å². The lowest BCUT2D eigenvalue weighted by atomic mass is 10.0. The van der Waals surface area contributed by atoms with E-state index in [1.165, 1.54) is 4.57 Å². The Labute approximate surface area is 124 Å². The van der Waals surface area contributed by atoms with Crippen molar-refractivity contribution in [3.63, 3.8) is 0 Å². The van der Waals surface area contributed by atoms with Crippen LogP contribution in [0.4, 0.5) is 4.39 Å². The van der Waals surface area contributed by atoms with E-state index in [-0.39, 0.29) is 11.0 Å². The molecule has 2 heterocycles. The molecule has 0 aliphatic heterocycles. The number of carboxylic acids is 1. The van der Waals surface area contributed by atoms with E-state index in [0.717, 1.165) is 12.3 Å². The van der Waals surface area contributed by atoms with Crippen LogP contribution in [0.25, 0.3) is 11.0 Å². The van der Waals surface area contributed by atoms with Crippen LogP contribution in [-0.2, 0) is 5.54 Å². The van der Waals surface area contributed by atoms with Crippen molar-refractivity contribution < 1.29 is 14.3 Å². The Morgan fingerprint density at radius 1 is 1.57 bits per heavy atom. The molecule has 0 saturated heterocycles. The first-order chi connectivity index (χ1) is 9.69. The van der Waals surface area contributed by atoms with Crippen LogP contribution in [0.2, 0.25) is 5.15 Å². The highest BCUT2D eigenvalue weighted by Gasteiger charge is 2.24. The zero-order valence-corrected chi connectivity index (χ0v) is 11.9. The zero-order valence-electron chi connectivity index (χ0n) is 11.1. The van der Waals surface area contributed by atoms with Gasteiger partial charge in [0.15, 0.2) is 11.0 Å². The Balaban J connectivity index is 3.08. The first-order valence-corrected chi connectivity index (χ1v) is 6.20. The number of hydrogen-bond donors (Lipinski definition) is 1. The molecule has 0 atom stereocenters. The average Bonchev–Trinajstić information content (AvgIpc) is 2.40. The van der Waals surface area contributed by atoms with E-state index in [1.807, 2.05) is 0 Å². The van der Waals surface area contributed by atoms with Gasteiger partial charge in [-0.2, -0.15) is 0 Å². The van der Waals surface area contributed by atoms with Gasteiger partial charge < -0.3 is 9.67 Å². The number of pyridine rings is 2. The van der Waals surface area contributed by atoms with Crippen molar-refractivity contribution >= 4 is 28.6 Å². The molecule has 0 aliphatic carbocycles. The first kappa shape index (κ1) is 15.0. The minimum absolute atomic E-state index is 0.0272. The Kier molecular flexibility index (Phi) is 3.47. The molecule has 0 spiro atoms. The van der Waals surface area contributed by atoms with Gasteiger partial charge in [-0.3, -0.25) is 4.79 Å². The van der Waals surface area contributed by atoms with Crippen LogP contribution >= 0.6 is 11.6 Å². The lowest BCUT2D eigenvalue weighted by Gasteiger charge is -2.24. The summed E-state index contributed by atoms with van der Waals surface area (Å²) in [5.74, 6) is 0.120. The molecule has 2 aromatic heterocycles. The van der Waals surface area contributed by atoms with Gasteiger partial charge in [0.05, 0.1) is 5.39 Å². The molecule has 108 valence electrons. The van der Waals surface area contributed by atoms with Gasteiger partial charge in [-0.1, -0.05) is 17.5 Å². The molecule has 0 aromatic carbocycles. The molecule has 5 nitrogen and oxygen atoms in total. The quantitative estimate of drug-likeness (QED) is 0.682. The maximum Gasteiger partial charge on any atom is 0.341 e. The molecule has 0 bridgehead atoms. The number of carbonyl (C=O) groups is 1. The van der Waals surface area contributed by atoms with Crippen molar-refractivity contribution in [2.45, 2.75) is 19.4 Å². The molecule has 2 aromatic rings. The maximum absolute atomic E-state index is 13.5. The zero-order chi connectivity index (χ0) is 15.9. The van der Waals surface area contributed by atoms with Crippen LogP contribution in [0.5, 0.6) is 0 Å². The van der Waals surface area contributed by atoms with Gasteiger partial charge in [0.2, 0.25) is 5.43 Å². The average molecular weight is 309 g/mol. The summed E-state index contributed by atoms with van der Waals surface area (Å²) in [5, 5.41) is 8.49. The monoisotopic (exact) mass is 308 g/mol. The maximum atomic E-state index is 13.5. The van der Waals surface area contributed by atoms with Gasteiger partial charge in [0.25, 0.3) is 0 Å². The summed E-state index contributed by atoms with van der Waals surface area (Å²) in [6.07, 6.45) is 6.52. The van der Waals surface area contributed by atoms with E-state index in [4.69, 9.17) is 23.1 Å². The smallest absolute Gasteiger partial charge is 0.341 e. The van der Waals surface area contributed by atoms with Crippen LogP contribution in [0, 0.1) is 18.2 Å². The van der Waals surface area contributed by atoms with Gasteiger partial charge in [-0.25, -0.2) is 14.2 Å². The normalized spacial score (nSPS) is 11.4. The minimum atomic E-state index is -1.43. The van der Waals surface area contributed by atoms with Crippen molar-refractivity contribution in [1.82, 2.24) is 9.55 Å². The van der Waals surface area contributed by atoms with E-state index in [9.17, 15) is 14.0 Å². The lowest BCUT2D eigenvalue weighted by molar-refractivity contribution is 0.0694. The second-order valence-corrected chi connectivity index (χ2v) is 5.24. The van der Waals surface area contributed by atoms with E-state index in [0.29, 0.717) is 0 Å². The third-order valence-electron chi connectivity index (χ3n) is 3.07. The summed E-state index contributed by atoms with van der Waals surface area (Å²) < 4.78 is 14.9. The van der Waals surface area contributed by atoms with Gasteiger partial charge in [-0.05, 0) is 19.9 Å². The molecule has 0 fully saturated rings. The molecule has 0 radical (unpaired) electrons. The molecule has 7 heteroatoms. The summed E-state index contributed by atoms with van der Waals surface area (Å²) in [7, 11) is 0. The largest absolute Gasteiger partial charge is 0.477 e. The van der Waals surface area contributed by atoms with Crippen molar-refractivity contribution in [2.24, 2.45) is 0 Å². The summed E-state index contributed by atoms with van der Waals surface area (Å²) in [6.45, 7) is 3.25. The molecular formula is C14H10ClFN2O3. The van der Waals surface area contributed by atoms with Crippen molar-refractivity contribution in [2.75, 3.05) is 0 Å². The van der Waals surface area contributed by atoms with Gasteiger partial charge in [0.1, 0.15) is 16.7 Å². The number of aromatic carboxylic acids is 1. The Morgan fingerprint density at radius 2 is 2.19 bits per heavy atom. The molecule has 0 aliphatic rings. The van der Waals surface area contributed by atoms with E-state index in [1.54, 1.807) is 13.8 Å². The molecule has 0 amide bonds. The topological polar surface area (TPSA) is 72.2 Å². The Hall–Kier alpha value is -2.39. The highest BCUT2D eigenvalue weighted by Crippen LogP contribution is 2.23. The standard InChI is InChI=1S/C14H10ClFN2O3/c1-4-14(2,3)18-6-8(13(20)21)10(19)7-5-9(16)11(15)17-12(7)18/h1,5-6H,2-3H3,(H,20,21). The molecule has 21 heavy (non-hydrogen) atoms. The third-order valence-corrected chi connectivity index (χ3v) is 3.34. The Bertz CT molecular complexity index is 865. The van der Waals surface area contributed by atoms with Crippen molar-refractivity contribution in [3.05, 3.63) is 39.0 Å². The molecule has 0 saturated carbocycles.